The highest BCUT2D eigenvalue weighted by molar-refractivity contribution is 5.96. The molecule has 0 aromatic heterocycles. The molecule has 5 heteroatoms. The summed E-state index contributed by atoms with van der Waals surface area (Å²) in [4.78, 5) is 27.3. The maximum atomic E-state index is 13.1. The zero-order valence-electron chi connectivity index (χ0n) is 22.0. The molecule has 186 valence electrons. The van der Waals surface area contributed by atoms with Gasteiger partial charge in [0.1, 0.15) is 5.78 Å². The Balaban J connectivity index is 2.43. The van der Waals surface area contributed by atoms with E-state index in [1.165, 1.54) is 5.56 Å². The molecule has 0 bridgehead atoms. The third kappa shape index (κ3) is 8.94. The van der Waals surface area contributed by atoms with Gasteiger partial charge in [0.05, 0.1) is 24.4 Å². The van der Waals surface area contributed by atoms with Crippen LogP contribution in [0.25, 0.3) is 0 Å². The highest BCUT2D eigenvalue weighted by Gasteiger charge is 2.20. The number of nitrogens with one attached hydrogen (secondary N) is 1. The highest BCUT2D eigenvalue weighted by atomic mass is 16.5. The van der Waals surface area contributed by atoms with Crippen LogP contribution in [0.3, 0.4) is 0 Å². The average molecular weight is 467 g/mol. The number of rotatable bonds is 13. The van der Waals surface area contributed by atoms with Gasteiger partial charge < -0.3 is 19.7 Å². The Hall–Kier alpha value is -2.66. The predicted molar refractivity (Wildman–Crippen MR) is 142 cm³/mol. The van der Waals surface area contributed by atoms with Gasteiger partial charge in [-0.05, 0) is 48.9 Å². The standard InChI is InChI=1S/C29H42N2O3/c1-20(2)17-31(18-21(3)4)28-13-12-25(26(19-34-7)14-23(6)32)16-27(28)30-29(33)15-24-10-8-22(5)9-11-24/h8-13,16,20-21,26H,14-15,17-19H2,1-7H3,(H,30,33). The van der Waals surface area contributed by atoms with Crippen molar-refractivity contribution in [3.63, 3.8) is 0 Å². The molecule has 0 aliphatic heterocycles. The van der Waals surface area contributed by atoms with Crippen LogP contribution < -0.4 is 10.2 Å². The summed E-state index contributed by atoms with van der Waals surface area (Å²) in [6.45, 7) is 14.7. The van der Waals surface area contributed by atoms with Crippen LogP contribution in [0.15, 0.2) is 42.5 Å². The molecule has 0 radical (unpaired) electrons. The van der Waals surface area contributed by atoms with Crippen molar-refractivity contribution in [3.8, 4) is 0 Å². The number of Topliss-reactive ketones (excluding diaryl/α,β-unsaturated/α-hetero) is 1. The molecule has 0 fully saturated rings. The van der Waals surface area contributed by atoms with E-state index in [-0.39, 0.29) is 17.6 Å². The second kappa shape index (κ2) is 13.3. The first-order valence-corrected chi connectivity index (χ1v) is 12.3. The molecule has 2 aromatic carbocycles. The van der Waals surface area contributed by atoms with Crippen molar-refractivity contribution in [3.05, 3.63) is 59.2 Å². The minimum Gasteiger partial charge on any atom is -0.384 e. The van der Waals surface area contributed by atoms with Gasteiger partial charge in [-0.15, -0.1) is 0 Å². The largest absolute Gasteiger partial charge is 0.384 e. The maximum absolute atomic E-state index is 13.1. The Morgan fingerprint density at radius 3 is 2.12 bits per heavy atom. The zero-order valence-corrected chi connectivity index (χ0v) is 22.0. The van der Waals surface area contributed by atoms with Gasteiger partial charge in [0.15, 0.2) is 0 Å². The highest BCUT2D eigenvalue weighted by Crippen LogP contribution is 2.33. The van der Waals surface area contributed by atoms with Crippen molar-refractivity contribution in [2.45, 2.75) is 60.3 Å². The van der Waals surface area contributed by atoms with Crippen LogP contribution in [-0.2, 0) is 20.7 Å². The van der Waals surface area contributed by atoms with Gasteiger partial charge in [0, 0.05) is 32.5 Å². The molecule has 1 N–H and O–H groups in total. The van der Waals surface area contributed by atoms with Crippen LogP contribution in [-0.4, -0.2) is 38.5 Å². The van der Waals surface area contributed by atoms with Crippen LogP contribution in [0.5, 0.6) is 0 Å². The molecular formula is C29H42N2O3. The summed E-state index contributed by atoms with van der Waals surface area (Å²) in [7, 11) is 1.65. The number of benzene rings is 2. The first kappa shape index (κ1) is 27.6. The van der Waals surface area contributed by atoms with Crippen LogP contribution in [0.2, 0.25) is 0 Å². The Kier molecular flexibility index (Phi) is 10.8. The van der Waals surface area contributed by atoms with Gasteiger partial charge in [-0.1, -0.05) is 63.6 Å². The van der Waals surface area contributed by atoms with Gasteiger partial charge >= 0.3 is 0 Å². The quantitative estimate of drug-likeness (QED) is 0.393. The summed E-state index contributed by atoms with van der Waals surface area (Å²) in [5.41, 5.74) is 4.96. The molecule has 1 amide bonds. The molecule has 0 heterocycles. The summed E-state index contributed by atoms with van der Waals surface area (Å²) in [5, 5.41) is 3.18. The lowest BCUT2D eigenvalue weighted by Gasteiger charge is -2.31. The average Bonchev–Trinajstić information content (AvgIpc) is 2.73. The molecule has 0 aliphatic carbocycles. The summed E-state index contributed by atoms with van der Waals surface area (Å²) >= 11 is 0. The summed E-state index contributed by atoms with van der Waals surface area (Å²) in [6, 6.07) is 14.2. The molecule has 0 saturated carbocycles. The number of ether oxygens (including phenoxy) is 1. The number of carbonyl (C=O) groups excluding carboxylic acids is 2. The normalized spacial score (nSPS) is 12.1. The first-order chi connectivity index (χ1) is 16.1. The molecule has 0 saturated heterocycles. The van der Waals surface area contributed by atoms with Crippen LogP contribution in [0.1, 0.15) is 63.6 Å². The van der Waals surface area contributed by atoms with Gasteiger partial charge in [0.2, 0.25) is 5.91 Å². The summed E-state index contributed by atoms with van der Waals surface area (Å²) in [6.07, 6.45) is 0.721. The van der Waals surface area contributed by atoms with Crippen molar-refractivity contribution in [1.29, 1.82) is 0 Å². The topological polar surface area (TPSA) is 58.6 Å². The van der Waals surface area contributed by atoms with E-state index in [0.29, 0.717) is 31.3 Å². The van der Waals surface area contributed by atoms with E-state index in [2.05, 4.69) is 50.0 Å². The number of hydrogen-bond acceptors (Lipinski definition) is 4. The minimum atomic E-state index is -0.0499. The lowest BCUT2D eigenvalue weighted by atomic mass is 9.93. The molecule has 34 heavy (non-hydrogen) atoms. The summed E-state index contributed by atoms with van der Waals surface area (Å²) in [5.74, 6) is 0.985. The van der Waals surface area contributed by atoms with Gasteiger partial charge in [0.25, 0.3) is 0 Å². The van der Waals surface area contributed by atoms with Crippen LogP contribution in [0.4, 0.5) is 11.4 Å². The number of hydrogen-bond donors (Lipinski definition) is 1. The van der Waals surface area contributed by atoms with Crippen LogP contribution in [0, 0.1) is 18.8 Å². The second-order valence-corrected chi connectivity index (χ2v) is 10.2. The van der Waals surface area contributed by atoms with Crippen molar-refractivity contribution in [2.75, 3.05) is 37.0 Å². The van der Waals surface area contributed by atoms with E-state index >= 15 is 0 Å². The molecule has 1 unspecified atom stereocenters. The lowest BCUT2D eigenvalue weighted by Crippen LogP contribution is -2.32. The first-order valence-electron chi connectivity index (χ1n) is 12.3. The number of anilines is 2. The van der Waals surface area contributed by atoms with Crippen molar-refractivity contribution >= 4 is 23.1 Å². The fourth-order valence-corrected chi connectivity index (χ4v) is 4.24. The molecule has 1 atom stereocenters. The maximum Gasteiger partial charge on any atom is 0.228 e. The Morgan fingerprint density at radius 2 is 1.59 bits per heavy atom. The molecule has 0 spiro atoms. The van der Waals surface area contributed by atoms with Crippen molar-refractivity contribution in [1.82, 2.24) is 0 Å². The molecule has 0 aliphatic rings. The SMILES string of the molecule is COCC(CC(C)=O)c1ccc(N(CC(C)C)CC(C)C)c(NC(=O)Cc2ccc(C)cc2)c1. The van der Waals surface area contributed by atoms with Crippen molar-refractivity contribution in [2.24, 2.45) is 11.8 Å². The monoisotopic (exact) mass is 466 g/mol. The third-order valence-electron chi connectivity index (χ3n) is 5.66. The van der Waals surface area contributed by atoms with Gasteiger partial charge in [-0.3, -0.25) is 4.79 Å². The number of ketones is 1. The third-order valence-corrected chi connectivity index (χ3v) is 5.66. The molecule has 2 aromatic rings. The van der Waals surface area contributed by atoms with Crippen LogP contribution >= 0.6 is 0 Å². The lowest BCUT2D eigenvalue weighted by molar-refractivity contribution is -0.118. The Bertz CT molecular complexity index is 925. The number of methoxy groups -OCH3 is 1. The fraction of sp³-hybridized carbons (Fsp3) is 0.517. The predicted octanol–water partition coefficient (Wildman–Crippen LogP) is 6.00. The van der Waals surface area contributed by atoms with E-state index < -0.39 is 0 Å². The van der Waals surface area contributed by atoms with E-state index in [1.54, 1.807) is 14.0 Å². The van der Waals surface area contributed by atoms with E-state index in [1.807, 2.05) is 37.3 Å². The number of nitrogens with zero attached hydrogens (tertiary/aromatic N) is 1. The Labute approximate surface area is 205 Å². The number of carbonyl (C=O) groups is 2. The van der Waals surface area contributed by atoms with Gasteiger partial charge in [-0.25, -0.2) is 0 Å². The second-order valence-electron chi connectivity index (χ2n) is 10.2. The molecule has 5 nitrogen and oxygen atoms in total. The van der Waals surface area contributed by atoms with Crippen molar-refractivity contribution < 1.29 is 14.3 Å². The van der Waals surface area contributed by atoms with E-state index in [4.69, 9.17) is 4.74 Å². The zero-order chi connectivity index (χ0) is 25.3. The number of amides is 1. The summed E-state index contributed by atoms with van der Waals surface area (Å²) < 4.78 is 5.40. The Morgan fingerprint density at radius 1 is 0.971 bits per heavy atom. The smallest absolute Gasteiger partial charge is 0.228 e. The molecule has 2 rings (SSSR count). The van der Waals surface area contributed by atoms with E-state index in [9.17, 15) is 9.59 Å². The molecular weight excluding hydrogens is 424 g/mol. The fourth-order valence-electron chi connectivity index (χ4n) is 4.24. The van der Waals surface area contributed by atoms with E-state index in [0.717, 1.165) is 35.6 Å². The number of aryl methyl sites for hydroxylation is 1. The van der Waals surface area contributed by atoms with Gasteiger partial charge in [-0.2, -0.15) is 0 Å². The minimum absolute atomic E-state index is 0.0482.